The number of fused-ring (bicyclic) bond motifs is 1. The predicted molar refractivity (Wildman–Crippen MR) is 92.4 cm³/mol. The summed E-state index contributed by atoms with van der Waals surface area (Å²) in [6, 6.07) is 9.01. The van der Waals surface area contributed by atoms with Crippen molar-refractivity contribution < 1.29 is 4.74 Å². The molecule has 116 valence electrons. The minimum Gasteiger partial charge on any atom is -0.379 e. The van der Waals surface area contributed by atoms with Gasteiger partial charge in [0.1, 0.15) is 0 Å². The third-order valence-electron chi connectivity index (χ3n) is 3.65. The van der Waals surface area contributed by atoms with E-state index in [1.165, 1.54) is 20.5 Å². The summed E-state index contributed by atoms with van der Waals surface area (Å²) in [5, 5.41) is 4.94. The number of nitrogens with one attached hydrogen (secondary N) is 1. The quantitative estimate of drug-likeness (QED) is 0.756. The molecule has 0 spiro atoms. The molecule has 2 rings (SSSR count). The van der Waals surface area contributed by atoms with Crippen molar-refractivity contribution in [2.24, 2.45) is 0 Å². The average molecular weight is 306 g/mol. The van der Waals surface area contributed by atoms with E-state index >= 15 is 0 Å². The fourth-order valence-electron chi connectivity index (χ4n) is 2.40. The molecule has 4 heteroatoms. The lowest BCUT2D eigenvalue weighted by Gasteiger charge is -2.14. The van der Waals surface area contributed by atoms with Crippen molar-refractivity contribution in [1.29, 1.82) is 0 Å². The minimum absolute atomic E-state index is 0.375. The highest BCUT2D eigenvalue weighted by Gasteiger charge is 2.13. The Hall–Kier alpha value is -0.940. The molecule has 1 atom stereocenters. The highest BCUT2D eigenvalue weighted by molar-refractivity contribution is 7.19. The SMILES string of the molecule is Cc1c(C(C)NCCOCCN(C)C)sc2ccccc12. The van der Waals surface area contributed by atoms with Gasteiger partial charge in [0.15, 0.2) is 0 Å². The van der Waals surface area contributed by atoms with Crippen LogP contribution in [-0.4, -0.2) is 45.3 Å². The van der Waals surface area contributed by atoms with E-state index in [1.807, 2.05) is 11.3 Å². The zero-order chi connectivity index (χ0) is 15.2. The molecule has 0 fully saturated rings. The third-order valence-corrected chi connectivity index (χ3v) is 5.11. The van der Waals surface area contributed by atoms with E-state index in [2.05, 4.69) is 62.4 Å². The van der Waals surface area contributed by atoms with Gasteiger partial charge in [-0.25, -0.2) is 0 Å². The van der Waals surface area contributed by atoms with Gasteiger partial charge in [0.2, 0.25) is 0 Å². The summed E-state index contributed by atoms with van der Waals surface area (Å²) < 4.78 is 6.99. The van der Waals surface area contributed by atoms with E-state index in [-0.39, 0.29) is 0 Å². The van der Waals surface area contributed by atoms with E-state index in [1.54, 1.807) is 0 Å². The van der Waals surface area contributed by atoms with Crippen LogP contribution in [0.5, 0.6) is 0 Å². The second-order valence-electron chi connectivity index (χ2n) is 5.68. The number of likely N-dealkylation sites (N-methyl/N-ethyl adjacent to an activating group) is 1. The van der Waals surface area contributed by atoms with Gasteiger partial charge in [0.05, 0.1) is 13.2 Å². The Balaban J connectivity index is 1.82. The van der Waals surface area contributed by atoms with Gasteiger partial charge < -0.3 is 15.0 Å². The molecule has 0 saturated heterocycles. The highest BCUT2D eigenvalue weighted by Crippen LogP contribution is 2.34. The second-order valence-corrected chi connectivity index (χ2v) is 6.76. The molecule has 0 amide bonds. The van der Waals surface area contributed by atoms with Crippen LogP contribution < -0.4 is 5.32 Å². The van der Waals surface area contributed by atoms with Crippen LogP contribution in [-0.2, 0) is 4.74 Å². The van der Waals surface area contributed by atoms with Crippen molar-refractivity contribution in [3.8, 4) is 0 Å². The summed E-state index contributed by atoms with van der Waals surface area (Å²) in [5.41, 5.74) is 1.41. The lowest BCUT2D eigenvalue weighted by atomic mass is 10.1. The number of ether oxygens (including phenoxy) is 1. The molecule has 0 radical (unpaired) electrons. The smallest absolute Gasteiger partial charge is 0.0593 e. The van der Waals surface area contributed by atoms with Gasteiger partial charge in [-0.2, -0.15) is 0 Å². The third kappa shape index (κ3) is 4.51. The molecule has 0 aliphatic carbocycles. The maximum absolute atomic E-state index is 5.62. The zero-order valence-electron chi connectivity index (χ0n) is 13.5. The summed E-state index contributed by atoms with van der Waals surface area (Å²) in [6.45, 7) is 7.89. The summed E-state index contributed by atoms with van der Waals surface area (Å²) in [6.07, 6.45) is 0. The maximum atomic E-state index is 5.62. The number of nitrogens with zero attached hydrogens (tertiary/aromatic N) is 1. The van der Waals surface area contributed by atoms with Crippen molar-refractivity contribution in [3.05, 3.63) is 34.7 Å². The molecule has 1 aromatic carbocycles. The Kier molecular flexibility index (Phi) is 6.18. The standard InChI is InChI=1S/C17H26N2OS/c1-13-15-7-5-6-8-16(15)21-17(13)14(2)18-9-11-20-12-10-19(3)4/h5-8,14,18H,9-12H2,1-4H3. The molecule has 1 aromatic heterocycles. The van der Waals surface area contributed by atoms with Crippen LogP contribution in [0.4, 0.5) is 0 Å². The molecule has 1 heterocycles. The van der Waals surface area contributed by atoms with Crippen molar-refractivity contribution in [2.75, 3.05) is 40.4 Å². The summed E-state index contributed by atoms with van der Waals surface area (Å²) in [5.74, 6) is 0. The first kappa shape index (κ1) is 16.4. The van der Waals surface area contributed by atoms with Crippen LogP contribution >= 0.6 is 11.3 Å². The van der Waals surface area contributed by atoms with Gasteiger partial charge in [-0.15, -0.1) is 11.3 Å². The van der Waals surface area contributed by atoms with Gasteiger partial charge in [-0.3, -0.25) is 0 Å². The molecule has 2 aromatic rings. The van der Waals surface area contributed by atoms with Crippen molar-refractivity contribution in [2.45, 2.75) is 19.9 Å². The number of benzene rings is 1. The molecule has 0 bridgehead atoms. The van der Waals surface area contributed by atoms with Crippen LogP contribution in [0.3, 0.4) is 0 Å². The normalized spacial score (nSPS) is 13.2. The Morgan fingerprint density at radius 1 is 1.24 bits per heavy atom. The number of aryl methyl sites for hydroxylation is 1. The van der Waals surface area contributed by atoms with Gasteiger partial charge >= 0.3 is 0 Å². The van der Waals surface area contributed by atoms with Crippen molar-refractivity contribution >= 4 is 21.4 Å². The monoisotopic (exact) mass is 306 g/mol. The van der Waals surface area contributed by atoms with Gasteiger partial charge in [0.25, 0.3) is 0 Å². The lowest BCUT2D eigenvalue weighted by Crippen LogP contribution is -2.25. The van der Waals surface area contributed by atoms with Crippen LogP contribution in [0.1, 0.15) is 23.4 Å². The highest BCUT2D eigenvalue weighted by atomic mass is 32.1. The van der Waals surface area contributed by atoms with Crippen molar-refractivity contribution in [3.63, 3.8) is 0 Å². The predicted octanol–water partition coefficient (Wildman–Crippen LogP) is 3.44. The molecule has 0 aliphatic rings. The van der Waals surface area contributed by atoms with Crippen LogP contribution in [0.2, 0.25) is 0 Å². The number of hydrogen-bond donors (Lipinski definition) is 1. The number of thiophene rings is 1. The molecular weight excluding hydrogens is 280 g/mol. The lowest BCUT2D eigenvalue weighted by molar-refractivity contribution is 0.118. The maximum Gasteiger partial charge on any atom is 0.0593 e. The van der Waals surface area contributed by atoms with Crippen LogP contribution in [0.15, 0.2) is 24.3 Å². The summed E-state index contributed by atoms with van der Waals surface area (Å²) >= 11 is 1.89. The molecule has 21 heavy (non-hydrogen) atoms. The molecule has 3 nitrogen and oxygen atoms in total. The van der Waals surface area contributed by atoms with E-state index in [4.69, 9.17) is 4.74 Å². The first-order valence-electron chi connectivity index (χ1n) is 7.53. The van der Waals surface area contributed by atoms with Crippen molar-refractivity contribution in [1.82, 2.24) is 10.2 Å². The first-order valence-corrected chi connectivity index (χ1v) is 8.35. The van der Waals surface area contributed by atoms with E-state index in [9.17, 15) is 0 Å². The zero-order valence-corrected chi connectivity index (χ0v) is 14.3. The van der Waals surface area contributed by atoms with Gasteiger partial charge in [0, 0.05) is 28.7 Å². The Morgan fingerprint density at radius 2 is 2.00 bits per heavy atom. The largest absolute Gasteiger partial charge is 0.379 e. The van der Waals surface area contributed by atoms with Gasteiger partial charge in [-0.05, 0) is 45.0 Å². The Labute approximate surface area is 131 Å². The average Bonchev–Trinajstić information content (AvgIpc) is 2.80. The van der Waals surface area contributed by atoms with Crippen LogP contribution in [0, 0.1) is 6.92 Å². The van der Waals surface area contributed by atoms with Crippen LogP contribution in [0.25, 0.3) is 10.1 Å². The molecule has 0 aliphatic heterocycles. The fourth-order valence-corrected chi connectivity index (χ4v) is 3.63. The number of rotatable bonds is 8. The number of hydrogen-bond acceptors (Lipinski definition) is 4. The summed E-state index contributed by atoms with van der Waals surface area (Å²) in [4.78, 5) is 3.57. The first-order chi connectivity index (χ1) is 10.1. The topological polar surface area (TPSA) is 24.5 Å². The van der Waals surface area contributed by atoms with Gasteiger partial charge in [-0.1, -0.05) is 18.2 Å². The minimum atomic E-state index is 0.375. The Morgan fingerprint density at radius 3 is 2.71 bits per heavy atom. The van der Waals surface area contributed by atoms with E-state index in [0.717, 1.165) is 26.3 Å². The molecule has 1 N–H and O–H groups in total. The molecule has 0 saturated carbocycles. The molecular formula is C17H26N2OS. The van der Waals surface area contributed by atoms with E-state index < -0.39 is 0 Å². The van der Waals surface area contributed by atoms with E-state index in [0.29, 0.717) is 6.04 Å². The summed E-state index contributed by atoms with van der Waals surface area (Å²) in [7, 11) is 4.13. The Bertz CT molecular complexity index is 565. The fraction of sp³-hybridized carbons (Fsp3) is 0.529. The molecule has 1 unspecified atom stereocenters. The second kappa shape index (κ2) is 7.90.